The van der Waals surface area contributed by atoms with E-state index >= 15 is 0 Å². The summed E-state index contributed by atoms with van der Waals surface area (Å²) in [5.74, 6) is -0.962. The Morgan fingerprint density at radius 1 is 1.11 bits per heavy atom. The molecule has 1 N–H and O–H groups in total. The summed E-state index contributed by atoms with van der Waals surface area (Å²) in [6.07, 6.45) is 1.17. The SMILES string of the molecule is CCOc1cc(/C=C2\SC(=O)N(CC(=O)OC(C)C)C2=O)ccc1OCC(=O)Nc1ccccc1Cl. The second kappa shape index (κ2) is 12.5. The molecule has 0 aliphatic carbocycles. The molecular formula is C25H25ClN2O7S. The molecule has 3 amide bonds. The van der Waals surface area contributed by atoms with Crippen LogP contribution < -0.4 is 14.8 Å². The Kier molecular flexibility index (Phi) is 9.38. The van der Waals surface area contributed by atoms with E-state index in [1.54, 1.807) is 63.2 Å². The van der Waals surface area contributed by atoms with Crippen LogP contribution >= 0.6 is 23.4 Å². The quantitative estimate of drug-likeness (QED) is 0.345. The van der Waals surface area contributed by atoms with Crippen LogP contribution in [-0.4, -0.2) is 53.8 Å². The Morgan fingerprint density at radius 3 is 2.56 bits per heavy atom. The number of hydrogen-bond acceptors (Lipinski definition) is 8. The average molecular weight is 533 g/mol. The molecule has 0 bridgehead atoms. The molecule has 0 atom stereocenters. The highest BCUT2D eigenvalue weighted by atomic mass is 35.5. The van der Waals surface area contributed by atoms with Gasteiger partial charge in [0, 0.05) is 0 Å². The van der Waals surface area contributed by atoms with Gasteiger partial charge in [-0.2, -0.15) is 0 Å². The lowest BCUT2D eigenvalue weighted by Crippen LogP contribution is -2.35. The Balaban J connectivity index is 1.69. The number of nitrogens with one attached hydrogen (secondary N) is 1. The third kappa shape index (κ3) is 7.25. The number of benzene rings is 2. The standard InChI is InChI=1S/C25H25ClN2O7S/c1-4-33-20-11-16(12-21-24(31)28(25(32)36-21)13-23(30)35-15(2)3)9-10-19(20)34-14-22(29)27-18-8-6-5-7-17(18)26/h5-12,15H,4,13-14H2,1-3H3,(H,27,29)/b21-12-. The van der Waals surface area contributed by atoms with Gasteiger partial charge in [-0.1, -0.05) is 29.8 Å². The zero-order valence-electron chi connectivity index (χ0n) is 19.9. The number of hydrogen-bond donors (Lipinski definition) is 1. The number of amides is 3. The lowest BCUT2D eigenvalue weighted by Gasteiger charge is -2.14. The van der Waals surface area contributed by atoms with Gasteiger partial charge < -0.3 is 19.5 Å². The summed E-state index contributed by atoms with van der Waals surface area (Å²) in [6, 6.07) is 11.7. The van der Waals surface area contributed by atoms with Crippen LogP contribution in [0.5, 0.6) is 11.5 Å². The predicted molar refractivity (Wildman–Crippen MR) is 137 cm³/mol. The van der Waals surface area contributed by atoms with Crippen molar-refractivity contribution in [2.75, 3.05) is 25.1 Å². The number of carbonyl (C=O) groups excluding carboxylic acids is 4. The van der Waals surface area contributed by atoms with Gasteiger partial charge in [0.25, 0.3) is 17.1 Å². The number of thioether (sulfide) groups is 1. The first-order valence-electron chi connectivity index (χ1n) is 11.1. The van der Waals surface area contributed by atoms with Gasteiger partial charge in [0.1, 0.15) is 6.54 Å². The fourth-order valence-corrected chi connectivity index (χ4v) is 4.13. The number of rotatable bonds is 10. The minimum absolute atomic E-state index is 0.160. The third-order valence-electron chi connectivity index (χ3n) is 4.60. The first kappa shape index (κ1) is 27.1. The Labute approximate surface area is 217 Å². The van der Waals surface area contributed by atoms with Crippen molar-refractivity contribution >= 4 is 58.1 Å². The van der Waals surface area contributed by atoms with Crippen molar-refractivity contribution in [1.29, 1.82) is 0 Å². The Morgan fingerprint density at radius 2 is 1.86 bits per heavy atom. The lowest BCUT2D eigenvalue weighted by atomic mass is 10.2. The molecule has 190 valence electrons. The third-order valence-corrected chi connectivity index (χ3v) is 5.84. The number of ether oxygens (including phenoxy) is 3. The zero-order valence-corrected chi connectivity index (χ0v) is 21.5. The second-order valence-corrected chi connectivity index (χ2v) is 9.16. The van der Waals surface area contributed by atoms with Crippen LogP contribution in [-0.2, 0) is 19.1 Å². The molecule has 0 unspecified atom stereocenters. The number of esters is 1. The molecule has 9 nitrogen and oxygen atoms in total. The highest BCUT2D eigenvalue weighted by Gasteiger charge is 2.36. The summed E-state index contributed by atoms with van der Waals surface area (Å²) in [4.78, 5) is 50.1. The normalized spacial score (nSPS) is 14.4. The summed E-state index contributed by atoms with van der Waals surface area (Å²) in [5, 5.41) is 2.53. The molecular weight excluding hydrogens is 508 g/mol. The van der Waals surface area contributed by atoms with E-state index in [4.69, 9.17) is 25.8 Å². The molecule has 1 fully saturated rings. The number of nitrogens with zero attached hydrogens (tertiary/aromatic N) is 1. The van der Waals surface area contributed by atoms with Crippen molar-refractivity contribution in [3.8, 4) is 11.5 Å². The van der Waals surface area contributed by atoms with E-state index < -0.39 is 29.6 Å². The maximum atomic E-state index is 12.7. The van der Waals surface area contributed by atoms with Crippen molar-refractivity contribution < 1.29 is 33.4 Å². The van der Waals surface area contributed by atoms with Crippen LogP contribution in [0.25, 0.3) is 6.08 Å². The van der Waals surface area contributed by atoms with Crippen LogP contribution in [0, 0.1) is 0 Å². The van der Waals surface area contributed by atoms with Gasteiger partial charge in [0.05, 0.1) is 28.3 Å². The Bertz CT molecular complexity index is 1200. The minimum atomic E-state index is -0.660. The second-order valence-electron chi connectivity index (χ2n) is 7.76. The molecule has 0 radical (unpaired) electrons. The van der Waals surface area contributed by atoms with Gasteiger partial charge in [-0.15, -0.1) is 0 Å². The van der Waals surface area contributed by atoms with Crippen molar-refractivity contribution in [2.45, 2.75) is 26.9 Å². The topological polar surface area (TPSA) is 111 Å². The van der Waals surface area contributed by atoms with Gasteiger partial charge in [-0.25, -0.2) is 0 Å². The van der Waals surface area contributed by atoms with E-state index in [1.165, 1.54) is 6.08 Å². The predicted octanol–water partition coefficient (Wildman–Crippen LogP) is 4.74. The van der Waals surface area contributed by atoms with E-state index in [0.29, 0.717) is 34.4 Å². The molecule has 2 aromatic carbocycles. The number of imide groups is 1. The maximum absolute atomic E-state index is 12.7. The molecule has 36 heavy (non-hydrogen) atoms. The summed E-state index contributed by atoms with van der Waals surface area (Å²) >= 11 is 6.79. The van der Waals surface area contributed by atoms with E-state index in [9.17, 15) is 19.2 Å². The number of carbonyl (C=O) groups is 4. The van der Waals surface area contributed by atoms with Gasteiger partial charge in [0.2, 0.25) is 0 Å². The molecule has 2 aromatic rings. The van der Waals surface area contributed by atoms with Crippen LogP contribution in [0.4, 0.5) is 10.5 Å². The monoisotopic (exact) mass is 532 g/mol. The molecule has 1 saturated heterocycles. The number of para-hydroxylation sites is 1. The molecule has 0 aromatic heterocycles. The summed E-state index contributed by atoms with van der Waals surface area (Å²) < 4.78 is 16.3. The molecule has 0 spiro atoms. The fourth-order valence-electron chi connectivity index (χ4n) is 3.11. The summed E-state index contributed by atoms with van der Waals surface area (Å²) in [5.41, 5.74) is 1.04. The largest absolute Gasteiger partial charge is 0.490 e. The highest BCUT2D eigenvalue weighted by molar-refractivity contribution is 8.18. The molecule has 0 saturated carbocycles. The van der Waals surface area contributed by atoms with Crippen molar-refractivity contribution in [1.82, 2.24) is 4.90 Å². The number of anilines is 1. The summed E-state index contributed by atoms with van der Waals surface area (Å²) in [7, 11) is 0. The van der Waals surface area contributed by atoms with Crippen molar-refractivity contribution in [3.63, 3.8) is 0 Å². The van der Waals surface area contributed by atoms with Gasteiger partial charge in [-0.3, -0.25) is 24.1 Å². The minimum Gasteiger partial charge on any atom is -0.490 e. The van der Waals surface area contributed by atoms with Crippen LogP contribution in [0.3, 0.4) is 0 Å². The fraction of sp³-hybridized carbons (Fsp3) is 0.280. The molecule has 1 heterocycles. The van der Waals surface area contributed by atoms with Crippen LogP contribution in [0.15, 0.2) is 47.4 Å². The first-order chi connectivity index (χ1) is 17.2. The lowest BCUT2D eigenvalue weighted by molar-refractivity contribution is -0.149. The molecule has 11 heteroatoms. The smallest absolute Gasteiger partial charge is 0.326 e. The van der Waals surface area contributed by atoms with Gasteiger partial charge >= 0.3 is 5.97 Å². The van der Waals surface area contributed by atoms with E-state index in [1.807, 2.05) is 0 Å². The number of halogens is 1. The molecule has 1 aliphatic heterocycles. The Hall–Kier alpha value is -3.50. The maximum Gasteiger partial charge on any atom is 0.326 e. The molecule has 1 aliphatic rings. The summed E-state index contributed by atoms with van der Waals surface area (Å²) in [6.45, 7) is 4.76. The van der Waals surface area contributed by atoms with Crippen molar-refractivity contribution in [2.24, 2.45) is 0 Å². The van der Waals surface area contributed by atoms with Crippen molar-refractivity contribution in [3.05, 3.63) is 58.0 Å². The van der Waals surface area contributed by atoms with Gasteiger partial charge in [-0.05, 0) is 68.4 Å². The highest BCUT2D eigenvalue weighted by Crippen LogP contribution is 2.34. The van der Waals surface area contributed by atoms with E-state index in [-0.39, 0.29) is 17.6 Å². The van der Waals surface area contributed by atoms with Crippen LogP contribution in [0.2, 0.25) is 5.02 Å². The first-order valence-corrected chi connectivity index (χ1v) is 12.3. The van der Waals surface area contributed by atoms with Gasteiger partial charge in [0.15, 0.2) is 18.1 Å². The van der Waals surface area contributed by atoms with E-state index in [2.05, 4.69) is 5.32 Å². The molecule has 3 rings (SSSR count). The average Bonchev–Trinajstić information content (AvgIpc) is 3.07. The zero-order chi connectivity index (χ0) is 26.2. The van der Waals surface area contributed by atoms with Crippen LogP contribution in [0.1, 0.15) is 26.3 Å². The van der Waals surface area contributed by atoms with E-state index in [0.717, 1.165) is 16.7 Å².